The van der Waals surface area contributed by atoms with Gasteiger partial charge in [0.25, 0.3) is 0 Å². The van der Waals surface area contributed by atoms with Gasteiger partial charge < -0.3 is 10.7 Å². The van der Waals surface area contributed by atoms with Gasteiger partial charge in [-0.15, -0.1) is 0 Å². The summed E-state index contributed by atoms with van der Waals surface area (Å²) in [4.78, 5) is 3.27. The number of nitrogens with two attached hydrogens (primary N) is 1. The molecule has 0 saturated heterocycles. The van der Waals surface area contributed by atoms with Gasteiger partial charge in [-0.3, -0.25) is 4.68 Å². The highest BCUT2D eigenvalue weighted by molar-refractivity contribution is 5.83. The lowest BCUT2D eigenvalue weighted by Crippen LogP contribution is -2.20. The van der Waals surface area contributed by atoms with Gasteiger partial charge in [0.2, 0.25) is 0 Å². The molecular weight excluding hydrogens is 212 g/mol. The summed E-state index contributed by atoms with van der Waals surface area (Å²) >= 11 is 0. The van der Waals surface area contributed by atoms with Gasteiger partial charge in [-0.2, -0.15) is 5.10 Å². The number of H-pyrrole nitrogens is 1. The molecule has 0 aliphatic heterocycles. The number of para-hydroxylation sites is 1. The number of hydrogen-bond donors (Lipinski definition) is 2. The molecule has 0 amide bonds. The zero-order valence-electron chi connectivity index (χ0n) is 9.38. The lowest BCUT2D eigenvalue weighted by atomic mass is 10.1. The third-order valence-electron chi connectivity index (χ3n) is 3.05. The first-order valence-electron chi connectivity index (χ1n) is 5.65. The Bertz CT molecular complexity index is 609. The predicted molar refractivity (Wildman–Crippen MR) is 67.7 cm³/mol. The molecule has 86 valence electrons. The van der Waals surface area contributed by atoms with E-state index in [4.69, 9.17) is 5.73 Å². The Balaban J connectivity index is 2.13. The lowest BCUT2D eigenvalue weighted by Gasteiger charge is -2.14. The smallest absolute Gasteiger partial charge is 0.0911 e. The Morgan fingerprint density at radius 3 is 2.94 bits per heavy atom. The second-order valence-electron chi connectivity index (χ2n) is 4.03. The summed E-state index contributed by atoms with van der Waals surface area (Å²) in [6.07, 6.45) is 5.74. The standard InChI is InChI=1S/C13H14N4/c14-8-13(17-7-3-6-16-17)11-9-15-12-5-2-1-4-10(11)12/h1-7,9,13,15H,8,14H2. The summed E-state index contributed by atoms with van der Waals surface area (Å²) in [5.41, 5.74) is 8.19. The number of hydrogen-bond acceptors (Lipinski definition) is 2. The van der Waals surface area contributed by atoms with Crippen molar-refractivity contribution in [3.63, 3.8) is 0 Å². The van der Waals surface area contributed by atoms with Crippen LogP contribution in [0.4, 0.5) is 0 Å². The quantitative estimate of drug-likeness (QED) is 0.716. The van der Waals surface area contributed by atoms with Crippen LogP contribution >= 0.6 is 0 Å². The predicted octanol–water partition coefficient (Wildman–Crippen LogP) is 1.91. The minimum Gasteiger partial charge on any atom is -0.361 e. The minimum atomic E-state index is 0.0844. The van der Waals surface area contributed by atoms with Crippen LogP contribution in [0.1, 0.15) is 11.6 Å². The van der Waals surface area contributed by atoms with Crippen LogP contribution in [-0.2, 0) is 0 Å². The van der Waals surface area contributed by atoms with Crippen LogP contribution in [0, 0.1) is 0 Å². The summed E-state index contributed by atoms with van der Waals surface area (Å²) in [6, 6.07) is 10.2. The fraction of sp³-hybridized carbons (Fsp3) is 0.154. The van der Waals surface area contributed by atoms with Gasteiger partial charge >= 0.3 is 0 Å². The van der Waals surface area contributed by atoms with Crippen molar-refractivity contribution in [2.75, 3.05) is 6.54 Å². The van der Waals surface area contributed by atoms with Gasteiger partial charge in [-0.05, 0) is 12.1 Å². The van der Waals surface area contributed by atoms with Crippen LogP contribution in [-0.4, -0.2) is 21.3 Å². The zero-order valence-corrected chi connectivity index (χ0v) is 9.38. The molecule has 1 atom stereocenters. The van der Waals surface area contributed by atoms with E-state index < -0.39 is 0 Å². The summed E-state index contributed by atoms with van der Waals surface area (Å²) in [6.45, 7) is 0.531. The van der Waals surface area contributed by atoms with E-state index in [0.29, 0.717) is 6.54 Å². The summed E-state index contributed by atoms with van der Waals surface area (Å²) in [5.74, 6) is 0. The molecule has 0 spiro atoms. The maximum atomic E-state index is 5.87. The second-order valence-corrected chi connectivity index (χ2v) is 4.03. The van der Waals surface area contributed by atoms with Gasteiger partial charge in [0.1, 0.15) is 0 Å². The number of fused-ring (bicyclic) bond motifs is 1. The number of nitrogens with zero attached hydrogens (tertiary/aromatic N) is 2. The van der Waals surface area contributed by atoms with E-state index in [1.807, 2.05) is 35.3 Å². The largest absolute Gasteiger partial charge is 0.361 e. The summed E-state index contributed by atoms with van der Waals surface area (Å²) < 4.78 is 1.90. The van der Waals surface area contributed by atoms with Gasteiger partial charge in [0.05, 0.1) is 6.04 Å². The number of aromatic nitrogens is 3. The normalized spacial score (nSPS) is 13.0. The van der Waals surface area contributed by atoms with Crippen LogP contribution in [0.25, 0.3) is 10.9 Å². The van der Waals surface area contributed by atoms with E-state index in [0.717, 1.165) is 5.52 Å². The highest BCUT2D eigenvalue weighted by atomic mass is 15.3. The molecule has 0 radical (unpaired) electrons. The van der Waals surface area contributed by atoms with Crippen molar-refractivity contribution in [2.45, 2.75) is 6.04 Å². The topological polar surface area (TPSA) is 59.6 Å². The highest BCUT2D eigenvalue weighted by Crippen LogP contribution is 2.25. The third-order valence-corrected chi connectivity index (χ3v) is 3.05. The van der Waals surface area contributed by atoms with Crippen LogP contribution in [0.5, 0.6) is 0 Å². The van der Waals surface area contributed by atoms with E-state index >= 15 is 0 Å². The van der Waals surface area contributed by atoms with E-state index in [1.165, 1.54) is 10.9 Å². The maximum Gasteiger partial charge on any atom is 0.0911 e. The Morgan fingerprint density at radius 1 is 1.29 bits per heavy atom. The number of nitrogens with one attached hydrogen (secondary N) is 1. The first-order chi connectivity index (χ1) is 8.40. The van der Waals surface area contributed by atoms with Crippen molar-refractivity contribution >= 4 is 10.9 Å². The molecule has 0 aliphatic rings. The average molecular weight is 226 g/mol. The summed E-state index contributed by atoms with van der Waals surface area (Å²) in [5, 5.41) is 5.48. The van der Waals surface area contributed by atoms with Crippen molar-refractivity contribution in [3.8, 4) is 0 Å². The van der Waals surface area contributed by atoms with Crippen LogP contribution in [0.15, 0.2) is 48.9 Å². The molecule has 4 heteroatoms. The van der Waals surface area contributed by atoms with E-state index in [1.54, 1.807) is 6.20 Å². The molecule has 4 nitrogen and oxygen atoms in total. The van der Waals surface area contributed by atoms with Crippen molar-refractivity contribution in [1.82, 2.24) is 14.8 Å². The number of benzene rings is 1. The van der Waals surface area contributed by atoms with E-state index in [2.05, 4.69) is 22.2 Å². The molecule has 17 heavy (non-hydrogen) atoms. The molecule has 0 saturated carbocycles. The molecule has 0 aliphatic carbocycles. The van der Waals surface area contributed by atoms with Crippen LogP contribution in [0.2, 0.25) is 0 Å². The van der Waals surface area contributed by atoms with Crippen molar-refractivity contribution < 1.29 is 0 Å². The Morgan fingerprint density at radius 2 is 2.18 bits per heavy atom. The van der Waals surface area contributed by atoms with Crippen molar-refractivity contribution in [3.05, 3.63) is 54.5 Å². The SMILES string of the molecule is NCC(c1c[nH]c2ccccc12)n1cccn1. The van der Waals surface area contributed by atoms with Crippen molar-refractivity contribution in [2.24, 2.45) is 5.73 Å². The zero-order chi connectivity index (χ0) is 11.7. The van der Waals surface area contributed by atoms with E-state index in [9.17, 15) is 0 Å². The Kier molecular flexibility index (Phi) is 2.42. The lowest BCUT2D eigenvalue weighted by molar-refractivity contribution is 0.535. The summed E-state index contributed by atoms with van der Waals surface area (Å²) in [7, 11) is 0. The van der Waals surface area contributed by atoms with Gasteiger partial charge in [-0.1, -0.05) is 18.2 Å². The Hall–Kier alpha value is -2.07. The van der Waals surface area contributed by atoms with Gasteiger partial charge in [0, 0.05) is 41.6 Å². The molecule has 3 aromatic rings. The molecule has 1 unspecified atom stereocenters. The van der Waals surface area contributed by atoms with Crippen LogP contribution in [0.3, 0.4) is 0 Å². The molecule has 0 bridgehead atoms. The molecule has 2 heterocycles. The molecule has 1 aromatic carbocycles. The molecular formula is C13H14N4. The molecule has 3 rings (SSSR count). The van der Waals surface area contributed by atoms with E-state index in [-0.39, 0.29) is 6.04 Å². The van der Waals surface area contributed by atoms with Gasteiger partial charge in [0.15, 0.2) is 0 Å². The highest BCUT2D eigenvalue weighted by Gasteiger charge is 2.15. The number of rotatable bonds is 3. The molecule has 3 N–H and O–H groups in total. The third kappa shape index (κ3) is 1.62. The monoisotopic (exact) mass is 226 g/mol. The second kappa shape index (κ2) is 4.07. The maximum absolute atomic E-state index is 5.87. The molecule has 2 aromatic heterocycles. The van der Waals surface area contributed by atoms with Crippen molar-refractivity contribution in [1.29, 1.82) is 0 Å². The first kappa shape index (κ1) is 10.1. The average Bonchev–Trinajstić information content (AvgIpc) is 3.01. The Labute approximate surface area is 99.1 Å². The fourth-order valence-electron chi connectivity index (χ4n) is 2.21. The molecule has 0 fully saturated rings. The van der Waals surface area contributed by atoms with Crippen LogP contribution < -0.4 is 5.73 Å². The minimum absolute atomic E-state index is 0.0844. The first-order valence-corrected chi connectivity index (χ1v) is 5.65. The number of aromatic amines is 1. The van der Waals surface area contributed by atoms with Gasteiger partial charge in [-0.25, -0.2) is 0 Å². The fourth-order valence-corrected chi connectivity index (χ4v) is 2.21.